The van der Waals surface area contributed by atoms with Gasteiger partial charge in [0.2, 0.25) is 100 Å². The molecule has 1 unspecified atom stereocenters. The van der Waals surface area contributed by atoms with Gasteiger partial charge in [0.05, 0.1) is 32.2 Å². The normalized spacial score (nSPS) is 20.6. The van der Waals surface area contributed by atoms with Crippen molar-refractivity contribution < 1.29 is 86.6 Å². The average Bonchev–Trinajstić information content (AvgIpc) is 0.846. The standard InChI is InChI=1S/C78H126N30O18S4/c1-39(2)28-49(99-57(111)32-93-56(110)31-94-63(115)45(79)16-10-24-89-75(81)82)66(118)103-53-36-128-130-38-55(72(124)107-60(40(3)4)73(125)96-34-58(112)97-46(62(80)114)17-11-25-90-76(83)84)106-74(126)61(41(5)6)108-71(123)54-37-129-127-35-52(104-68(120)51(102-70(53)122)30-43-20-22-44(109)23-21-43)69(121)100-47(18-12-26-91-77(85)86)64(116)95-33-59(113)98-48(19-13-27-92-78(87)88)65(117)101-50(67(119)105-54)29-42-14-8-7-9-15-42/h7-9,14-15,20-23,39-41,45-55,60-61,109H,10-13,16-19,24-38,79H2,1-6H3,(H2,80,114)(H,93,110)(H,94,115)(H,95,116)(H,96,125)(H,97,112)(H,98,113)(H,99,111)(H,100,121)(H,101,117)(H,102,122)(H,103,118)(H,104,120)(H,105,119)(H,106,126)(H,107,124)(H,108,123)(H4,81,82,89)(H4,83,84,90)(H4,85,86,91)(H4,87,88,92)/t45-,46-,47-,48-,49-,50-,51-,52-,53-,54-,55-,60-,61?/m0/s1. The average molecular weight is 1900 g/mol. The second-order valence-corrected chi connectivity index (χ2v) is 36.6. The van der Waals surface area contributed by atoms with E-state index in [1.165, 1.54) is 38.1 Å². The van der Waals surface area contributed by atoms with Gasteiger partial charge in [-0.25, -0.2) is 0 Å². The summed E-state index contributed by atoms with van der Waals surface area (Å²) in [5.74, 6) is -22.1. The van der Waals surface area contributed by atoms with Crippen LogP contribution in [-0.4, -0.2) is 283 Å². The Morgan fingerprint density at radius 2 is 0.915 bits per heavy atom. The molecule has 2 aromatic rings. The summed E-state index contributed by atoms with van der Waals surface area (Å²) < 4.78 is 0. The molecule has 0 aromatic heterocycles. The summed E-state index contributed by atoms with van der Waals surface area (Å²) in [6.45, 7) is 6.98. The Kier molecular flexibility index (Phi) is 49.3. The number of guanidine groups is 4. The molecule has 48 nitrogen and oxygen atoms in total. The molecule has 2 saturated heterocycles. The van der Waals surface area contributed by atoms with Gasteiger partial charge in [-0.1, -0.05) is 127 Å². The van der Waals surface area contributed by atoms with E-state index in [0.29, 0.717) is 12.0 Å². The van der Waals surface area contributed by atoms with Crippen molar-refractivity contribution in [1.29, 1.82) is 21.6 Å². The van der Waals surface area contributed by atoms with Gasteiger partial charge in [0, 0.05) is 62.0 Å². The number of aromatic hydroxyl groups is 1. The molecule has 0 spiro atoms. The van der Waals surface area contributed by atoms with Crippen LogP contribution >= 0.6 is 43.2 Å². The summed E-state index contributed by atoms with van der Waals surface area (Å²) in [7, 11) is 3.28. The third-order valence-electron chi connectivity index (χ3n) is 19.4. The zero-order valence-electron chi connectivity index (χ0n) is 73.2. The van der Waals surface area contributed by atoms with Gasteiger partial charge in [-0.05, 0) is 98.8 Å². The van der Waals surface area contributed by atoms with Gasteiger partial charge in [0.25, 0.3) is 0 Å². The predicted octanol–water partition coefficient (Wildman–Crippen LogP) is -8.53. The summed E-state index contributed by atoms with van der Waals surface area (Å²) in [5.41, 5.74) is 34.1. The lowest BCUT2D eigenvalue weighted by atomic mass is 10.0. The molecule has 720 valence electrons. The molecular formula is C78H126N30O18S4. The highest BCUT2D eigenvalue weighted by molar-refractivity contribution is 8.77. The number of phenols is 1. The number of carbonyl (C=O) groups excluding carboxylic acids is 17. The molecule has 2 aliphatic heterocycles. The fraction of sp³-hybridized carbons (Fsp3) is 0.577. The maximum atomic E-state index is 15.5. The highest BCUT2D eigenvalue weighted by Crippen LogP contribution is 2.27. The summed E-state index contributed by atoms with van der Waals surface area (Å²) in [6, 6.07) is -6.53. The Labute approximate surface area is 767 Å². The number of rotatable bonds is 39. The van der Waals surface area contributed by atoms with Crippen LogP contribution in [0, 0.1) is 39.4 Å². The third kappa shape index (κ3) is 43.2. The molecule has 2 aromatic carbocycles. The number of primary amides is 1. The van der Waals surface area contributed by atoms with Crippen LogP contribution in [0.5, 0.6) is 5.75 Å². The predicted molar refractivity (Wildman–Crippen MR) is 490 cm³/mol. The SMILES string of the molecule is CC(C)C[C@H](NC(=O)CNC(=O)CNC(=O)[C@@H](N)CCCNC(=N)N)C(=O)N[C@H]1CSSC[C@@H](C(=O)N[C@H](C(=O)NCC(=O)N[C@@H](CCCNC(=N)N)C(N)=O)C(C)C)NC(=O)C(C(C)C)NC(=O)[C@@H]2CSSC[C@H](NC(=O)[C@H](Cc3ccc(O)cc3)NC1=O)C(=O)N[C@@H](CCCNC(=N)N)C(=O)NCC(=O)N[C@@H](CCCNC(=N)N)C(=O)N[C@@H](Cc1ccccc1)C(=O)N2. The number of amides is 17. The van der Waals surface area contributed by atoms with Crippen LogP contribution in [0.3, 0.4) is 0 Å². The Hall–Kier alpha value is -12.3. The first-order valence-corrected chi connectivity index (χ1v) is 46.9. The maximum absolute atomic E-state index is 15.5. The number of hydrogen-bond donors (Lipinski definition) is 31. The molecule has 4 rings (SSSR count). The molecule has 2 aliphatic rings. The van der Waals surface area contributed by atoms with Crippen molar-refractivity contribution in [3.8, 4) is 5.75 Å². The number of fused-ring (bicyclic) bond motifs is 5. The number of carbonyl (C=O) groups is 17. The Morgan fingerprint density at radius 3 is 1.45 bits per heavy atom. The van der Waals surface area contributed by atoms with Crippen LogP contribution in [0.4, 0.5) is 0 Å². The van der Waals surface area contributed by atoms with E-state index in [4.69, 9.17) is 56.0 Å². The van der Waals surface area contributed by atoms with Crippen molar-refractivity contribution in [3.63, 3.8) is 0 Å². The number of nitrogens with one attached hydrogen (secondary N) is 24. The smallest absolute Gasteiger partial charge is 0.244 e. The van der Waals surface area contributed by atoms with E-state index in [1.54, 1.807) is 58.0 Å². The van der Waals surface area contributed by atoms with Gasteiger partial charge in [-0.15, -0.1) is 0 Å². The van der Waals surface area contributed by atoms with Crippen LogP contribution in [0.15, 0.2) is 54.6 Å². The van der Waals surface area contributed by atoms with Gasteiger partial charge in [0.15, 0.2) is 23.8 Å². The molecule has 2 bridgehead atoms. The van der Waals surface area contributed by atoms with Crippen molar-refractivity contribution in [2.24, 2.45) is 52.2 Å². The van der Waals surface area contributed by atoms with Gasteiger partial charge < -0.3 is 146 Å². The molecule has 0 radical (unpaired) electrons. The zero-order valence-corrected chi connectivity index (χ0v) is 76.4. The number of benzene rings is 2. The number of hydrogen-bond acceptors (Lipinski definition) is 27. The number of nitrogens with two attached hydrogens (primary N) is 6. The minimum atomic E-state index is -1.77. The summed E-state index contributed by atoms with van der Waals surface area (Å²) >= 11 is 0. The van der Waals surface area contributed by atoms with Crippen LogP contribution in [-0.2, 0) is 94.3 Å². The highest BCUT2D eigenvalue weighted by Gasteiger charge is 2.39. The molecule has 52 heteroatoms. The van der Waals surface area contributed by atoms with Gasteiger partial charge in [-0.2, -0.15) is 0 Å². The summed E-state index contributed by atoms with van der Waals surface area (Å²) in [5, 5.41) is 92.1. The quantitative estimate of drug-likeness (QED) is 0.0128. The topological polar surface area (TPSA) is 803 Å². The Bertz CT molecular complexity index is 4240. The van der Waals surface area contributed by atoms with Crippen molar-refractivity contribution in [2.45, 2.75) is 191 Å². The van der Waals surface area contributed by atoms with E-state index in [9.17, 15) is 53.1 Å². The van der Waals surface area contributed by atoms with Crippen LogP contribution in [0.1, 0.15) is 110 Å². The summed E-state index contributed by atoms with van der Waals surface area (Å²) in [4.78, 5) is 245. The molecule has 13 atom stereocenters. The molecule has 130 heavy (non-hydrogen) atoms. The zero-order chi connectivity index (χ0) is 96.7. The van der Waals surface area contributed by atoms with E-state index in [-0.39, 0.29) is 113 Å². The first-order chi connectivity index (χ1) is 61.5. The van der Waals surface area contributed by atoms with Gasteiger partial charge >= 0.3 is 0 Å². The minimum Gasteiger partial charge on any atom is -0.508 e. The molecule has 2 fully saturated rings. The van der Waals surface area contributed by atoms with Crippen molar-refractivity contribution in [2.75, 3.05) is 75.4 Å². The molecule has 0 aliphatic carbocycles. The third-order valence-corrected chi connectivity index (χ3v) is 24.2. The molecule has 37 N–H and O–H groups in total. The second kappa shape index (κ2) is 58.3. The lowest BCUT2D eigenvalue weighted by Gasteiger charge is -2.30. The molecule has 0 saturated carbocycles. The van der Waals surface area contributed by atoms with E-state index >= 15 is 33.6 Å². The largest absolute Gasteiger partial charge is 0.508 e. The van der Waals surface area contributed by atoms with Gasteiger partial charge in [-0.3, -0.25) is 103 Å². The lowest BCUT2D eigenvalue weighted by molar-refractivity contribution is -0.136. The van der Waals surface area contributed by atoms with Gasteiger partial charge in [0.1, 0.15) is 78.3 Å². The van der Waals surface area contributed by atoms with E-state index in [0.717, 1.165) is 43.2 Å². The van der Waals surface area contributed by atoms with Crippen molar-refractivity contribution in [1.82, 2.24) is 106 Å². The van der Waals surface area contributed by atoms with E-state index in [1.807, 2.05) is 0 Å². The second-order valence-electron chi connectivity index (χ2n) is 31.4. The van der Waals surface area contributed by atoms with Crippen LogP contribution < -0.4 is 141 Å². The fourth-order valence-electron chi connectivity index (χ4n) is 12.4. The molecule has 2 heterocycles. The Balaban J connectivity index is 1.98. The first-order valence-electron chi connectivity index (χ1n) is 41.9. The first kappa shape index (κ1) is 110. The Morgan fingerprint density at radius 1 is 0.454 bits per heavy atom. The number of phenolic OH excluding ortho intramolecular Hbond substituents is 1. The van der Waals surface area contributed by atoms with Crippen molar-refractivity contribution in [3.05, 3.63) is 65.7 Å². The molecular weight excluding hydrogens is 1770 g/mol. The van der Waals surface area contributed by atoms with Crippen LogP contribution in [0.2, 0.25) is 0 Å². The highest BCUT2D eigenvalue weighted by atomic mass is 33.1. The monoisotopic (exact) mass is 1900 g/mol. The maximum Gasteiger partial charge on any atom is 0.244 e. The lowest BCUT2D eigenvalue weighted by Crippen LogP contribution is -2.62. The summed E-state index contributed by atoms with van der Waals surface area (Å²) in [6.07, 6.45) is -0.362. The van der Waals surface area contributed by atoms with Crippen molar-refractivity contribution >= 4 is 167 Å². The fourth-order valence-corrected chi connectivity index (χ4v) is 17.1. The van der Waals surface area contributed by atoms with E-state index in [2.05, 4.69) is 106 Å². The van der Waals surface area contributed by atoms with Crippen LogP contribution in [0.25, 0.3) is 0 Å². The van der Waals surface area contributed by atoms with E-state index < -0.39 is 258 Å². The minimum absolute atomic E-state index is 0.00702. The molecule has 17 amide bonds.